The molecule has 41 heavy (non-hydrogen) atoms. The zero-order chi connectivity index (χ0) is 29.1. The maximum absolute atomic E-state index is 11.8. The molecule has 5 nitrogen and oxygen atoms in total. The minimum absolute atomic E-state index is 0.231. The Balaban J connectivity index is 1.73. The first-order chi connectivity index (χ1) is 19.7. The van der Waals surface area contributed by atoms with Gasteiger partial charge < -0.3 is 15.1 Å². The van der Waals surface area contributed by atoms with Crippen LogP contribution in [0.2, 0.25) is 0 Å². The van der Waals surface area contributed by atoms with Gasteiger partial charge in [0, 0.05) is 22.3 Å². The van der Waals surface area contributed by atoms with Gasteiger partial charge in [-0.1, -0.05) is 111 Å². The van der Waals surface area contributed by atoms with Crippen LogP contribution in [0.5, 0.6) is 5.75 Å². The van der Waals surface area contributed by atoms with Crippen LogP contribution >= 0.6 is 0 Å². The number of carbonyl (C=O) groups is 1. The highest BCUT2D eigenvalue weighted by molar-refractivity contribution is 6.16. The van der Waals surface area contributed by atoms with Gasteiger partial charge in [-0.3, -0.25) is 0 Å². The van der Waals surface area contributed by atoms with Crippen molar-refractivity contribution in [2.75, 3.05) is 0 Å². The molecule has 0 aliphatic heterocycles. The van der Waals surface area contributed by atoms with E-state index in [2.05, 4.69) is 38.1 Å². The molecule has 0 spiro atoms. The van der Waals surface area contributed by atoms with E-state index in [1.165, 1.54) is 0 Å². The topological polar surface area (TPSA) is 79.1 Å². The van der Waals surface area contributed by atoms with Gasteiger partial charge in [0.15, 0.2) is 0 Å². The number of ether oxygens (including phenoxy) is 1. The highest BCUT2D eigenvalue weighted by Gasteiger charge is 2.29. The number of hydrogen-bond donors (Lipinski definition) is 2. The van der Waals surface area contributed by atoms with E-state index in [1.807, 2.05) is 79.7 Å². The number of carboxylic acids is 1. The molecule has 0 unspecified atom stereocenters. The Morgan fingerprint density at radius 2 is 1.51 bits per heavy atom. The van der Waals surface area contributed by atoms with Crippen molar-refractivity contribution in [2.45, 2.75) is 39.7 Å². The summed E-state index contributed by atoms with van der Waals surface area (Å²) >= 11 is 0. The smallest absolute Gasteiger partial charge is 0.336 e. The van der Waals surface area contributed by atoms with Gasteiger partial charge in [0.2, 0.25) is 0 Å². The second-order valence-electron chi connectivity index (χ2n) is 11.2. The Labute approximate surface area is 240 Å². The third kappa shape index (κ3) is 5.57. The van der Waals surface area contributed by atoms with Crippen LogP contribution in [0.15, 0.2) is 108 Å². The summed E-state index contributed by atoms with van der Waals surface area (Å²) in [5, 5.41) is 25.2. The fourth-order valence-corrected chi connectivity index (χ4v) is 5.50. The normalized spacial score (nSPS) is 12.0. The number of nitrogens with zero attached hydrogens (tertiary/aromatic N) is 1. The minimum atomic E-state index is -0.983. The summed E-state index contributed by atoms with van der Waals surface area (Å²) in [5.74, 6) is -0.181. The van der Waals surface area contributed by atoms with Crippen LogP contribution in [0.1, 0.15) is 58.9 Å². The molecular formula is C36H33NO4. The van der Waals surface area contributed by atoms with Crippen molar-refractivity contribution >= 4 is 22.5 Å². The summed E-state index contributed by atoms with van der Waals surface area (Å²) in [7, 11) is 0. The number of hydrogen-bond acceptors (Lipinski definition) is 4. The Hall–Kier alpha value is -4.90. The summed E-state index contributed by atoms with van der Waals surface area (Å²) in [6.07, 6.45) is 0. The average molecular weight is 544 g/mol. The first kappa shape index (κ1) is 27.7. The highest BCUT2D eigenvalue weighted by atomic mass is 16.5. The lowest BCUT2D eigenvalue weighted by Gasteiger charge is -2.29. The molecule has 2 N–H and O–H groups in total. The first-order valence-electron chi connectivity index (χ1n) is 13.6. The fourth-order valence-electron chi connectivity index (χ4n) is 5.50. The zero-order valence-corrected chi connectivity index (χ0v) is 23.7. The molecule has 5 aromatic carbocycles. The molecule has 0 radical (unpaired) electrons. The van der Waals surface area contributed by atoms with Gasteiger partial charge in [0.05, 0.1) is 5.56 Å². The Kier molecular flexibility index (Phi) is 7.62. The van der Waals surface area contributed by atoms with Crippen LogP contribution in [0.4, 0.5) is 0 Å². The summed E-state index contributed by atoms with van der Waals surface area (Å²) in [4.78, 5) is 11.8. The molecule has 0 saturated heterocycles. The lowest BCUT2D eigenvalue weighted by molar-refractivity contribution is 0.0699. The van der Waals surface area contributed by atoms with Crippen molar-refractivity contribution in [3.63, 3.8) is 0 Å². The minimum Gasteiger partial charge on any atom is -0.488 e. The maximum atomic E-state index is 11.8. The second-order valence-corrected chi connectivity index (χ2v) is 11.2. The predicted molar refractivity (Wildman–Crippen MR) is 164 cm³/mol. The molecule has 5 heteroatoms. The van der Waals surface area contributed by atoms with Gasteiger partial charge in [-0.2, -0.15) is 0 Å². The third-order valence-electron chi connectivity index (χ3n) is 7.34. The molecule has 0 aromatic heterocycles. The van der Waals surface area contributed by atoms with E-state index in [4.69, 9.17) is 4.74 Å². The van der Waals surface area contributed by atoms with Gasteiger partial charge in [0.25, 0.3) is 0 Å². The van der Waals surface area contributed by atoms with Crippen LogP contribution in [0.25, 0.3) is 21.9 Å². The molecular weight excluding hydrogens is 510 g/mol. The van der Waals surface area contributed by atoms with E-state index in [0.717, 1.165) is 44.5 Å². The lowest BCUT2D eigenvalue weighted by Crippen LogP contribution is -2.19. The van der Waals surface area contributed by atoms with Crippen molar-refractivity contribution in [3.05, 3.63) is 137 Å². The number of aromatic carboxylic acids is 1. The van der Waals surface area contributed by atoms with Crippen LogP contribution in [0.3, 0.4) is 0 Å². The van der Waals surface area contributed by atoms with Crippen LogP contribution in [0, 0.1) is 6.92 Å². The largest absolute Gasteiger partial charge is 0.488 e. The summed E-state index contributed by atoms with van der Waals surface area (Å²) in [6, 6.07) is 32.8. The van der Waals surface area contributed by atoms with Crippen molar-refractivity contribution in [2.24, 2.45) is 5.16 Å². The summed E-state index contributed by atoms with van der Waals surface area (Å²) in [6.45, 7) is 8.92. The molecule has 0 aliphatic carbocycles. The van der Waals surface area contributed by atoms with Gasteiger partial charge in [-0.25, -0.2) is 4.79 Å². The highest BCUT2D eigenvalue weighted by Crippen LogP contribution is 2.44. The molecule has 0 bridgehead atoms. The Morgan fingerprint density at radius 1 is 0.829 bits per heavy atom. The lowest BCUT2D eigenvalue weighted by atomic mass is 9.78. The molecule has 5 rings (SSSR count). The number of rotatable bonds is 7. The quantitative estimate of drug-likeness (QED) is 0.122. The standard InChI is InChI=1S/C36H33NO4/c1-23-30(33(37-40)27-18-19-28-26(20-27)16-11-17-29(28)35(38)39)21-31(25-14-9-6-10-15-25)34(32(23)36(2,3)4)41-22-24-12-7-5-8-13-24/h5-21,40H,22H2,1-4H3,(H,38,39). The molecule has 5 aromatic rings. The predicted octanol–water partition coefficient (Wildman–Crippen LogP) is 8.62. The summed E-state index contributed by atoms with van der Waals surface area (Å²) < 4.78 is 6.63. The van der Waals surface area contributed by atoms with Gasteiger partial charge >= 0.3 is 5.97 Å². The molecule has 0 aliphatic rings. The second kappa shape index (κ2) is 11.3. The molecule has 0 fully saturated rings. The molecule has 0 atom stereocenters. The number of carboxylic acid groups (broad SMARTS) is 1. The van der Waals surface area contributed by atoms with E-state index in [9.17, 15) is 15.1 Å². The third-order valence-corrected chi connectivity index (χ3v) is 7.34. The Bertz CT molecular complexity index is 1750. The molecule has 206 valence electrons. The van der Waals surface area contributed by atoms with E-state index in [1.54, 1.807) is 18.2 Å². The van der Waals surface area contributed by atoms with Crippen molar-refractivity contribution in [1.29, 1.82) is 0 Å². The van der Waals surface area contributed by atoms with E-state index >= 15 is 0 Å². The Morgan fingerprint density at radius 3 is 2.15 bits per heavy atom. The first-order valence-corrected chi connectivity index (χ1v) is 13.6. The van der Waals surface area contributed by atoms with Gasteiger partial charge in [-0.15, -0.1) is 0 Å². The van der Waals surface area contributed by atoms with Crippen molar-refractivity contribution in [1.82, 2.24) is 0 Å². The number of benzene rings is 5. The molecule has 0 amide bonds. The molecule has 0 saturated carbocycles. The summed E-state index contributed by atoms with van der Waals surface area (Å²) in [5.41, 5.74) is 6.74. The van der Waals surface area contributed by atoms with Gasteiger partial charge in [0.1, 0.15) is 18.1 Å². The van der Waals surface area contributed by atoms with E-state index < -0.39 is 5.97 Å². The maximum Gasteiger partial charge on any atom is 0.336 e. The SMILES string of the molecule is Cc1c(C(=NO)c2ccc3c(C(=O)O)cccc3c2)cc(-c2ccccc2)c(OCc2ccccc2)c1C(C)(C)C. The monoisotopic (exact) mass is 543 g/mol. The zero-order valence-electron chi connectivity index (χ0n) is 23.7. The van der Waals surface area contributed by atoms with E-state index in [0.29, 0.717) is 23.3 Å². The fraction of sp³-hybridized carbons (Fsp3) is 0.167. The molecule has 0 heterocycles. The van der Waals surface area contributed by atoms with Crippen LogP contribution in [-0.4, -0.2) is 22.0 Å². The van der Waals surface area contributed by atoms with Crippen molar-refractivity contribution < 1.29 is 19.8 Å². The van der Waals surface area contributed by atoms with Crippen LogP contribution in [-0.2, 0) is 12.0 Å². The van der Waals surface area contributed by atoms with Crippen molar-refractivity contribution in [3.8, 4) is 16.9 Å². The van der Waals surface area contributed by atoms with Gasteiger partial charge in [-0.05, 0) is 58.0 Å². The number of oxime groups is 1. The van der Waals surface area contributed by atoms with Crippen LogP contribution < -0.4 is 4.74 Å². The van der Waals surface area contributed by atoms with E-state index in [-0.39, 0.29) is 11.0 Å². The number of fused-ring (bicyclic) bond motifs is 1. The average Bonchev–Trinajstić information content (AvgIpc) is 2.97.